The Morgan fingerprint density at radius 1 is 0.679 bits per heavy atom. The van der Waals surface area contributed by atoms with Crippen molar-refractivity contribution in [1.29, 1.82) is 0 Å². The van der Waals surface area contributed by atoms with Gasteiger partial charge in [0.15, 0.2) is 0 Å². The molecule has 0 heterocycles. The zero-order valence-corrected chi connectivity index (χ0v) is 17.1. The second-order valence-electron chi connectivity index (χ2n) is 7.17. The summed E-state index contributed by atoms with van der Waals surface area (Å²) < 4.78 is 26.7. The van der Waals surface area contributed by atoms with E-state index in [9.17, 15) is 13.6 Å². The van der Waals surface area contributed by atoms with E-state index in [4.69, 9.17) is 0 Å². The molecule has 152 valence electrons. The molecule has 0 aliphatic carbocycles. The number of carbonyl (C=O) groups is 1. The first-order valence-electron chi connectivity index (χ1n) is 9.97. The minimum Gasteiger partial charge on any atom is -0.329 e. The van der Waals surface area contributed by atoms with E-state index in [0.29, 0.717) is 25.7 Å². The summed E-state index contributed by atoms with van der Waals surface area (Å²) in [5.74, 6) is -0.608. The van der Waals surface area contributed by atoms with Gasteiger partial charge in [0.25, 0.3) is 0 Å². The van der Waals surface area contributed by atoms with Crippen LogP contribution in [0, 0.1) is 11.6 Å². The molecule has 0 unspecified atom stereocenters. The predicted octanol–water partition coefficient (Wildman–Crippen LogP) is 5.99. The van der Waals surface area contributed by atoms with Gasteiger partial charge in [-0.3, -0.25) is 0 Å². The van der Waals surface area contributed by atoms with Crippen molar-refractivity contribution >= 4 is 6.03 Å². The van der Waals surface area contributed by atoms with Crippen molar-refractivity contribution in [1.82, 2.24) is 10.6 Å². The van der Waals surface area contributed by atoms with Crippen LogP contribution in [-0.4, -0.2) is 6.03 Å². The third-order valence-corrected chi connectivity index (χ3v) is 5.91. The van der Waals surface area contributed by atoms with Crippen molar-refractivity contribution in [2.24, 2.45) is 0 Å². The van der Waals surface area contributed by atoms with Gasteiger partial charge in [0.05, 0.1) is 11.1 Å². The lowest BCUT2D eigenvalue weighted by Gasteiger charge is -2.38. The van der Waals surface area contributed by atoms with Crippen LogP contribution in [0.1, 0.15) is 64.5 Å². The number of nitrogens with one attached hydrogen (secondary N) is 2. The molecule has 3 nitrogen and oxygen atoms in total. The number of rotatable bonds is 8. The molecular weight excluding hydrogens is 358 g/mol. The fraction of sp³-hybridized carbons (Fsp3) is 0.435. The summed E-state index contributed by atoms with van der Waals surface area (Å²) >= 11 is 0. The van der Waals surface area contributed by atoms with Crippen molar-refractivity contribution in [3.05, 3.63) is 71.3 Å². The Bertz CT molecular complexity index is 699. The summed E-state index contributed by atoms with van der Waals surface area (Å²) in [5, 5.41) is 6.25. The Hall–Kier alpha value is -2.43. The minimum atomic E-state index is -0.589. The van der Waals surface area contributed by atoms with Gasteiger partial charge in [0.1, 0.15) is 11.6 Å². The summed E-state index contributed by atoms with van der Waals surface area (Å²) in [6, 6.07) is 12.2. The van der Waals surface area contributed by atoms with E-state index in [0.717, 1.165) is 11.1 Å². The average molecular weight is 389 g/mol. The second kappa shape index (κ2) is 9.18. The van der Waals surface area contributed by atoms with Gasteiger partial charge in [-0.1, -0.05) is 52.0 Å². The fourth-order valence-corrected chi connectivity index (χ4v) is 3.82. The summed E-state index contributed by atoms with van der Waals surface area (Å²) in [7, 11) is 0. The molecule has 0 saturated heterocycles. The fourth-order valence-electron chi connectivity index (χ4n) is 3.82. The maximum atomic E-state index is 13.3. The van der Waals surface area contributed by atoms with Crippen LogP contribution in [-0.2, 0) is 11.1 Å². The van der Waals surface area contributed by atoms with E-state index < -0.39 is 11.1 Å². The normalized spacial score (nSPS) is 11.9. The molecule has 0 saturated carbocycles. The van der Waals surface area contributed by atoms with Gasteiger partial charge in [-0.15, -0.1) is 0 Å². The largest absolute Gasteiger partial charge is 0.329 e. The summed E-state index contributed by atoms with van der Waals surface area (Å²) in [6.07, 6.45) is 2.68. The standard InChI is InChI=1S/C23H30F2N2O/c1-5-22(6-2,17-9-13-19(24)14-10-17)26-21(28)27-23(7-3,8-4)18-11-15-20(25)16-12-18/h9-16H,5-8H2,1-4H3,(H2,26,27,28). The number of benzene rings is 2. The molecule has 0 aromatic heterocycles. The highest BCUT2D eigenvalue weighted by atomic mass is 19.1. The number of halogens is 2. The van der Waals surface area contributed by atoms with Gasteiger partial charge in [-0.2, -0.15) is 0 Å². The van der Waals surface area contributed by atoms with Gasteiger partial charge in [-0.05, 0) is 61.1 Å². The average Bonchev–Trinajstić information content (AvgIpc) is 2.72. The molecule has 0 aliphatic heterocycles. The monoisotopic (exact) mass is 388 g/mol. The van der Waals surface area contributed by atoms with E-state index in [-0.39, 0.29) is 17.7 Å². The molecule has 2 N–H and O–H groups in total. The summed E-state index contributed by atoms with van der Waals surface area (Å²) in [4.78, 5) is 13.0. The molecule has 0 bridgehead atoms. The molecule has 0 radical (unpaired) electrons. The summed E-state index contributed by atoms with van der Waals surface area (Å²) in [6.45, 7) is 8.00. The van der Waals surface area contributed by atoms with Gasteiger partial charge in [-0.25, -0.2) is 13.6 Å². The van der Waals surface area contributed by atoms with E-state index >= 15 is 0 Å². The van der Waals surface area contributed by atoms with Crippen LogP contribution in [0.2, 0.25) is 0 Å². The van der Waals surface area contributed by atoms with E-state index in [1.165, 1.54) is 24.3 Å². The number of urea groups is 1. The van der Waals surface area contributed by atoms with Crippen LogP contribution < -0.4 is 10.6 Å². The lowest BCUT2D eigenvalue weighted by Crippen LogP contribution is -2.55. The van der Waals surface area contributed by atoms with Gasteiger partial charge in [0, 0.05) is 0 Å². The van der Waals surface area contributed by atoms with Crippen molar-refractivity contribution in [2.75, 3.05) is 0 Å². The van der Waals surface area contributed by atoms with Crippen LogP contribution in [0.25, 0.3) is 0 Å². The Labute approximate surface area is 166 Å². The highest BCUT2D eigenvalue weighted by molar-refractivity contribution is 5.76. The third-order valence-electron chi connectivity index (χ3n) is 5.91. The highest BCUT2D eigenvalue weighted by Crippen LogP contribution is 2.31. The van der Waals surface area contributed by atoms with Crippen molar-refractivity contribution in [3.63, 3.8) is 0 Å². The van der Waals surface area contributed by atoms with E-state index in [1.807, 2.05) is 27.7 Å². The molecule has 28 heavy (non-hydrogen) atoms. The highest BCUT2D eigenvalue weighted by Gasteiger charge is 2.35. The molecule has 0 fully saturated rings. The predicted molar refractivity (Wildman–Crippen MR) is 109 cm³/mol. The first-order valence-corrected chi connectivity index (χ1v) is 9.97. The maximum absolute atomic E-state index is 13.3. The molecule has 0 atom stereocenters. The Balaban J connectivity index is 2.29. The Morgan fingerprint density at radius 2 is 0.964 bits per heavy atom. The lowest BCUT2D eigenvalue weighted by atomic mass is 9.83. The van der Waals surface area contributed by atoms with Gasteiger partial charge >= 0.3 is 6.03 Å². The number of hydrogen-bond acceptors (Lipinski definition) is 1. The van der Waals surface area contributed by atoms with Crippen LogP contribution in [0.3, 0.4) is 0 Å². The zero-order valence-electron chi connectivity index (χ0n) is 17.1. The molecule has 2 amide bonds. The van der Waals surface area contributed by atoms with Crippen LogP contribution in [0.5, 0.6) is 0 Å². The molecular formula is C23H30F2N2O. The number of carbonyl (C=O) groups excluding carboxylic acids is 1. The lowest BCUT2D eigenvalue weighted by molar-refractivity contribution is 0.201. The van der Waals surface area contributed by atoms with E-state index in [1.54, 1.807) is 24.3 Å². The van der Waals surface area contributed by atoms with E-state index in [2.05, 4.69) is 10.6 Å². The van der Waals surface area contributed by atoms with Crippen molar-refractivity contribution < 1.29 is 13.6 Å². The maximum Gasteiger partial charge on any atom is 0.316 e. The van der Waals surface area contributed by atoms with Crippen molar-refractivity contribution in [2.45, 2.75) is 64.5 Å². The van der Waals surface area contributed by atoms with Gasteiger partial charge in [0.2, 0.25) is 0 Å². The third kappa shape index (κ3) is 4.51. The minimum absolute atomic E-state index is 0.291. The SMILES string of the molecule is CCC(CC)(NC(=O)NC(CC)(CC)c1ccc(F)cc1)c1ccc(F)cc1. The summed E-state index contributed by atoms with van der Waals surface area (Å²) in [5.41, 5.74) is 0.561. The van der Waals surface area contributed by atoms with Gasteiger partial charge < -0.3 is 10.6 Å². The first kappa shape index (κ1) is 21.9. The molecule has 5 heteroatoms. The molecule has 2 aromatic rings. The van der Waals surface area contributed by atoms with Crippen LogP contribution in [0.4, 0.5) is 13.6 Å². The quantitative estimate of drug-likeness (QED) is 0.572. The second-order valence-corrected chi connectivity index (χ2v) is 7.17. The molecule has 2 aromatic carbocycles. The molecule has 0 spiro atoms. The molecule has 0 aliphatic rings. The Kier molecular flexibility index (Phi) is 7.17. The van der Waals surface area contributed by atoms with Crippen LogP contribution in [0.15, 0.2) is 48.5 Å². The van der Waals surface area contributed by atoms with Crippen molar-refractivity contribution in [3.8, 4) is 0 Å². The Morgan fingerprint density at radius 3 is 1.21 bits per heavy atom. The number of hydrogen-bond donors (Lipinski definition) is 2. The number of amides is 2. The molecule has 2 rings (SSSR count). The van der Waals surface area contributed by atoms with Crippen LogP contribution >= 0.6 is 0 Å². The smallest absolute Gasteiger partial charge is 0.316 e. The topological polar surface area (TPSA) is 41.1 Å². The first-order chi connectivity index (χ1) is 13.3. The zero-order chi connectivity index (χ0) is 20.8.